The van der Waals surface area contributed by atoms with Crippen LogP contribution < -0.4 is 10.2 Å². The van der Waals surface area contributed by atoms with Crippen LogP contribution in [-0.4, -0.2) is 37.2 Å². The number of aromatic nitrogens is 1. The third kappa shape index (κ3) is 3.77. The Balaban J connectivity index is 2.01. The van der Waals surface area contributed by atoms with E-state index < -0.39 is 6.09 Å². The van der Waals surface area contributed by atoms with Crippen LogP contribution >= 0.6 is 11.3 Å². The molecule has 0 spiro atoms. The molecule has 1 unspecified atom stereocenters. The van der Waals surface area contributed by atoms with Gasteiger partial charge >= 0.3 is 6.09 Å². The van der Waals surface area contributed by atoms with Crippen LogP contribution in [0.15, 0.2) is 24.3 Å². The van der Waals surface area contributed by atoms with Crippen LogP contribution in [0.1, 0.15) is 11.9 Å². The van der Waals surface area contributed by atoms with Gasteiger partial charge in [0.2, 0.25) is 0 Å². The highest BCUT2D eigenvalue weighted by Crippen LogP contribution is 2.20. The average molecular weight is 308 g/mol. The van der Waals surface area contributed by atoms with Crippen LogP contribution in [0.2, 0.25) is 0 Å². The number of carbonyl (C=O) groups excluding carboxylic acids is 2. The molecule has 2 aromatic rings. The zero-order valence-electron chi connectivity index (χ0n) is 12.2. The zero-order chi connectivity index (χ0) is 15.4. The number of carbonyl (C=O) groups is 2. The van der Waals surface area contributed by atoms with Crippen molar-refractivity contribution >= 4 is 33.6 Å². The first-order valence-electron chi connectivity index (χ1n) is 6.57. The van der Waals surface area contributed by atoms with Gasteiger partial charge in [-0.2, -0.15) is 0 Å². The maximum absolute atomic E-state index is 11.9. The Hall–Kier alpha value is -1.99. The van der Waals surface area contributed by atoms with Crippen molar-refractivity contribution in [2.24, 2.45) is 0 Å². The van der Waals surface area contributed by atoms with Gasteiger partial charge in [0.1, 0.15) is 11.6 Å². The van der Waals surface area contributed by atoms with Crippen molar-refractivity contribution in [3.8, 4) is 0 Å². The Bertz CT molecular complexity index is 623. The Kier molecular flexibility index (Phi) is 4.87. The number of benzene rings is 1. The number of quaternary nitrogens is 1. The molecule has 0 saturated carbocycles. The summed E-state index contributed by atoms with van der Waals surface area (Å²) in [6.07, 6.45) is -0.736. The molecule has 6 nitrogen and oxygen atoms in total. The molecule has 0 bridgehead atoms. The van der Waals surface area contributed by atoms with Gasteiger partial charge in [-0.25, -0.2) is 9.78 Å². The summed E-state index contributed by atoms with van der Waals surface area (Å²) in [6, 6.07) is 7.55. The predicted molar refractivity (Wildman–Crippen MR) is 80.2 cm³/mol. The van der Waals surface area contributed by atoms with Gasteiger partial charge < -0.3 is 9.64 Å². The molecule has 1 aromatic heterocycles. The minimum absolute atomic E-state index is 0.361. The van der Waals surface area contributed by atoms with Gasteiger partial charge in [-0.15, -0.1) is 11.3 Å². The summed E-state index contributed by atoms with van der Waals surface area (Å²) in [5.74, 6) is -0.361. The third-order valence-corrected chi connectivity index (χ3v) is 4.35. The van der Waals surface area contributed by atoms with E-state index in [1.165, 1.54) is 7.11 Å². The summed E-state index contributed by atoms with van der Waals surface area (Å²) < 4.78 is 5.55. The lowest BCUT2D eigenvalue weighted by Gasteiger charge is -2.19. The molecule has 0 fully saturated rings. The van der Waals surface area contributed by atoms with Gasteiger partial charge in [-0.05, 0) is 19.1 Å². The van der Waals surface area contributed by atoms with Gasteiger partial charge in [0.05, 0.1) is 24.4 Å². The van der Waals surface area contributed by atoms with Crippen molar-refractivity contribution in [3.05, 3.63) is 29.3 Å². The van der Waals surface area contributed by atoms with Crippen molar-refractivity contribution in [3.63, 3.8) is 0 Å². The van der Waals surface area contributed by atoms with Crippen molar-refractivity contribution in [2.75, 3.05) is 14.2 Å². The first-order chi connectivity index (χ1) is 10.0. The normalized spacial score (nSPS) is 13.7. The molecule has 2 atom stereocenters. The van der Waals surface area contributed by atoms with E-state index in [1.807, 2.05) is 31.3 Å². The first-order valence-corrected chi connectivity index (χ1v) is 7.38. The summed E-state index contributed by atoms with van der Waals surface area (Å²) in [7, 11) is 3.12. The number of hydrogen-bond acceptors (Lipinski definition) is 5. The highest BCUT2D eigenvalue weighted by Gasteiger charge is 2.24. The number of amides is 2. The number of nitrogens with zero attached hydrogens (tertiary/aromatic N) is 1. The minimum atomic E-state index is -0.736. The first kappa shape index (κ1) is 15.4. The number of imide groups is 1. The highest BCUT2D eigenvalue weighted by molar-refractivity contribution is 7.18. The van der Waals surface area contributed by atoms with Crippen molar-refractivity contribution in [1.82, 2.24) is 10.3 Å². The van der Waals surface area contributed by atoms with E-state index in [-0.39, 0.29) is 11.9 Å². The molecule has 0 saturated heterocycles. The highest BCUT2D eigenvalue weighted by atomic mass is 32.1. The molecule has 2 rings (SSSR count). The van der Waals surface area contributed by atoms with Crippen LogP contribution in [0.5, 0.6) is 0 Å². The van der Waals surface area contributed by atoms with E-state index in [9.17, 15) is 9.59 Å². The molecule has 2 amide bonds. The summed E-state index contributed by atoms with van der Waals surface area (Å²) in [5.41, 5.74) is 0.969. The number of para-hydroxylation sites is 1. The molecular weight excluding hydrogens is 290 g/mol. The van der Waals surface area contributed by atoms with E-state index in [0.717, 1.165) is 20.1 Å². The molecule has 0 aliphatic rings. The molecule has 0 aliphatic heterocycles. The predicted octanol–water partition coefficient (Wildman–Crippen LogP) is 0.582. The lowest BCUT2D eigenvalue weighted by atomic mass is 10.3. The molecule has 2 N–H and O–H groups in total. The van der Waals surface area contributed by atoms with E-state index in [2.05, 4.69) is 15.0 Å². The quantitative estimate of drug-likeness (QED) is 0.867. The summed E-state index contributed by atoms with van der Waals surface area (Å²) in [4.78, 5) is 28.4. The number of fused-ring (bicyclic) bond motifs is 1. The molecule has 21 heavy (non-hydrogen) atoms. The minimum Gasteiger partial charge on any atom is -0.453 e. The van der Waals surface area contributed by atoms with Crippen molar-refractivity contribution in [1.29, 1.82) is 0 Å². The Morgan fingerprint density at radius 3 is 2.81 bits per heavy atom. The van der Waals surface area contributed by atoms with Crippen LogP contribution in [0.4, 0.5) is 4.79 Å². The van der Waals surface area contributed by atoms with E-state index in [4.69, 9.17) is 0 Å². The fourth-order valence-electron chi connectivity index (χ4n) is 1.87. The SMILES string of the molecule is COC(=O)NC(=O)[C@H](C)[NH+](C)Cc1nc2ccccc2s1. The lowest BCUT2D eigenvalue weighted by Crippen LogP contribution is -3.12. The molecule has 112 valence electrons. The zero-order valence-corrected chi connectivity index (χ0v) is 13.0. The van der Waals surface area contributed by atoms with Gasteiger partial charge in [0.25, 0.3) is 5.91 Å². The number of rotatable bonds is 4. The van der Waals surface area contributed by atoms with E-state index >= 15 is 0 Å². The van der Waals surface area contributed by atoms with Crippen LogP contribution in [0.3, 0.4) is 0 Å². The number of ether oxygens (including phenoxy) is 1. The fraction of sp³-hybridized carbons (Fsp3) is 0.357. The van der Waals surface area contributed by atoms with Gasteiger partial charge in [0.15, 0.2) is 6.04 Å². The fourth-order valence-corrected chi connectivity index (χ4v) is 2.93. The van der Waals surface area contributed by atoms with E-state index in [0.29, 0.717) is 6.54 Å². The van der Waals surface area contributed by atoms with Gasteiger partial charge in [-0.1, -0.05) is 12.1 Å². The number of methoxy groups -OCH3 is 1. The number of hydrogen-bond donors (Lipinski definition) is 2. The second-order valence-electron chi connectivity index (χ2n) is 4.80. The largest absolute Gasteiger partial charge is 0.453 e. The maximum Gasteiger partial charge on any atom is 0.413 e. The molecule has 0 radical (unpaired) electrons. The summed E-state index contributed by atoms with van der Waals surface area (Å²) in [5, 5.41) is 3.15. The number of nitrogens with one attached hydrogen (secondary N) is 2. The van der Waals surface area contributed by atoms with Crippen molar-refractivity contribution < 1.29 is 19.2 Å². The Morgan fingerprint density at radius 2 is 2.14 bits per heavy atom. The van der Waals surface area contributed by atoms with Crippen LogP contribution in [0, 0.1) is 0 Å². The third-order valence-electron chi connectivity index (χ3n) is 3.31. The van der Waals surface area contributed by atoms with Gasteiger partial charge in [-0.3, -0.25) is 10.1 Å². The number of alkyl carbamates (subject to hydrolysis) is 1. The molecule has 1 aromatic carbocycles. The molecule has 1 heterocycles. The van der Waals surface area contributed by atoms with Crippen LogP contribution in [-0.2, 0) is 16.1 Å². The number of likely N-dealkylation sites (N-methyl/N-ethyl adjacent to an activating group) is 1. The average Bonchev–Trinajstić information content (AvgIpc) is 2.88. The lowest BCUT2D eigenvalue weighted by molar-refractivity contribution is -0.908. The maximum atomic E-state index is 11.9. The Labute approximate surface area is 126 Å². The monoisotopic (exact) mass is 308 g/mol. The number of thiazole rings is 1. The van der Waals surface area contributed by atoms with Crippen molar-refractivity contribution in [2.45, 2.75) is 19.5 Å². The summed E-state index contributed by atoms with van der Waals surface area (Å²) in [6.45, 7) is 2.38. The topological polar surface area (TPSA) is 72.7 Å². The molecular formula is C14H18N3O3S+. The Morgan fingerprint density at radius 1 is 1.43 bits per heavy atom. The van der Waals surface area contributed by atoms with Gasteiger partial charge in [0, 0.05) is 0 Å². The van der Waals surface area contributed by atoms with E-state index in [1.54, 1.807) is 18.3 Å². The second-order valence-corrected chi connectivity index (χ2v) is 5.92. The smallest absolute Gasteiger partial charge is 0.413 e. The van der Waals surface area contributed by atoms with Crippen LogP contribution in [0.25, 0.3) is 10.2 Å². The molecule has 7 heteroatoms. The standard InChI is InChI=1S/C14H17N3O3S/c1-9(13(18)16-14(19)20-3)17(2)8-12-15-10-6-4-5-7-11(10)21-12/h4-7,9H,8H2,1-3H3,(H,16,18,19)/p+1/t9-/m0/s1. The molecule has 0 aliphatic carbocycles. The summed E-state index contributed by atoms with van der Waals surface area (Å²) >= 11 is 1.62. The second kappa shape index (κ2) is 6.64.